The number of Topliss-reactive ketones (excluding diaryl/α,β-unsaturated/α-hetero) is 1. The number of benzene rings is 1. The van der Waals surface area contributed by atoms with Crippen LogP contribution in [0.4, 0.5) is 0 Å². The Hall–Kier alpha value is -1.94. The number of rotatable bonds is 4. The summed E-state index contributed by atoms with van der Waals surface area (Å²) in [5, 5.41) is 3.34. The molecule has 1 aromatic carbocycles. The third-order valence-corrected chi connectivity index (χ3v) is 3.99. The lowest BCUT2D eigenvalue weighted by atomic mass is 9.92. The smallest absolute Gasteiger partial charge is 0.150 e. The van der Waals surface area contributed by atoms with E-state index in [0.29, 0.717) is 12.8 Å². The first-order valence-electron chi connectivity index (χ1n) is 7.03. The molecule has 2 heterocycles. The Morgan fingerprint density at radius 2 is 2.20 bits per heavy atom. The molecule has 1 atom stereocenters. The predicted molar refractivity (Wildman–Crippen MR) is 77.3 cm³/mol. The summed E-state index contributed by atoms with van der Waals surface area (Å²) < 4.78 is 1.97. The van der Waals surface area contributed by atoms with Gasteiger partial charge in [0.25, 0.3) is 0 Å². The lowest BCUT2D eigenvalue weighted by molar-refractivity contribution is -0.121. The van der Waals surface area contributed by atoms with Gasteiger partial charge in [0.15, 0.2) is 5.78 Å². The summed E-state index contributed by atoms with van der Waals surface area (Å²) in [4.78, 5) is 16.6. The average molecular weight is 269 g/mol. The van der Waals surface area contributed by atoms with Crippen LogP contribution in [-0.2, 0) is 31.2 Å². The molecule has 0 bridgehead atoms. The van der Waals surface area contributed by atoms with E-state index in [2.05, 4.69) is 22.4 Å². The summed E-state index contributed by atoms with van der Waals surface area (Å²) >= 11 is 0. The van der Waals surface area contributed by atoms with Crippen LogP contribution >= 0.6 is 0 Å². The lowest BCUT2D eigenvalue weighted by Gasteiger charge is -2.25. The number of hydrogen-bond acceptors (Lipinski definition) is 3. The molecule has 4 heteroatoms. The molecule has 1 unspecified atom stereocenters. The van der Waals surface area contributed by atoms with Crippen LogP contribution in [0.1, 0.15) is 23.4 Å². The zero-order valence-corrected chi connectivity index (χ0v) is 11.7. The van der Waals surface area contributed by atoms with E-state index in [9.17, 15) is 4.79 Å². The van der Waals surface area contributed by atoms with Gasteiger partial charge in [0.1, 0.15) is 5.82 Å². The minimum absolute atomic E-state index is 0.0508. The predicted octanol–water partition coefficient (Wildman–Crippen LogP) is 1.64. The quantitative estimate of drug-likeness (QED) is 0.918. The van der Waals surface area contributed by atoms with Gasteiger partial charge >= 0.3 is 0 Å². The number of imidazole rings is 1. The van der Waals surface area contributed by atoms with E-state index in [1.165, 1.54) is 11.1 Å². The van der Waals surface area contributed by atoms with E-state index >= 15 is 0 Å². The maximum atomic E-state index is 12.3. The molecule has 1 N–H and O–H groups in total. The molecule has 0 fully saturated rings. The van der Waals surface area contributed by atoms with Crippen molar-refractivity contribution < 1.29 is 4.79 Å². The van der Waals surface area contributed by atoms with Crippen molar-refractivity contribution in [1.29, 1.82) is 0 Å². The summed E-state index contributed by atoms with van der Waals surface area (Å²) in [6.07, 6.45) is 5.74. The maximum Gasteiger partial charge on any atom is 0.150 e. The Morgan fingerprint density at radius 1 is 1.40 bits per heavy atom. The summed E-state index contributed by atoms with van der Waals surface area (Å²) in [6.45, 7) is 0.787. The molecule has 1 aliphatic rings. The van der Waals surface area contributed by atoms with E-state index in [0.717, 1.165) is 18.8 Å². The summed E-state index contributed by atoms with van der Waals surface area (Å²) in [5.41, 5.74) is 2.60. The van der Waals surface area contributed by atoms with E-state index in [1.54, 1.807) is 6.20 Å². The normalized spacial score (nSPS) is 17.8. The Morgan fingerprint density at radius 3 is 2.95 bits per heavy atom. The molecule has 0 amide bonds. The number of nitrogens with one attached hydrogen (secondary N) is 1. The standard InChI is InChI=1S/C16H19N3O/c1-19-9-8-17-16(19)7-6-15(20)14-10-12-4-2-3-5-13(12)11-18-14/h2-5,8-9,14,18H,6-7,10-11H2,1H3. The van der Waals surface area contributed by atoms with Crippen LogP contribution in [0.3, 0.4) is 0 Å². The van der Waals surface area contributed by atoms with Crippen molar-refractivity contribution >= 4 is 5.78 Å². The molecule has 20 heavy (non-hydrogen) atoms. The highest BCUT2D eigenvalue weighted by Crippen LogP contribution is 2.17. The topological polar surface area (TPSA) is 46.9 Å². The number of carbonyl (C=O) groups is 1. The second-order valence-corrected chi connectivity index (χ2v) is 5.33. The minimum Gasteiger partial charge on any atom is -0.338 e. The molecule has 104 valence electrons. The third-order valence-electron chi connectivity index (χ3n) is 3.99. The number of aromatic nitrogens is 2. The van der Waals surface area contributed by atoms with Crippen LogP contribution < -0.4 is 5.32 Å². The van der Waals surface area contributed by atoms with Crippen molar-refractivity contribution in [2.24, 2.45) is 7.05 Å². The highest BCUT2D eigenvalue weighted by molar-refractivity contribution is 5.84. The molecule has 0 saturated heterocycles. The first-order chi connectivity index (χ1) is 9.74. The van der Waals surface area contributed by atoms with Crippen LogP contribution in [0.5, 0.6) is 0 Å². The SMILES string of the molecule is Cn1ccnc1CCC(=O)C1Cc2ccccc2CN1. The van der Waals surface area contributed by atoms with Crippen LogP contribution in [-0.4, -0.2) is 21.4 Å². The van der Waals surface area contributed by atoms with Crippen molar-refractivity contribution in [3.05, 3.63) is 53.6 Å². The van der Waals surface area contributed by atoms with Gasteiger partial charge in [0, 0.05) is 38.8 Å². The average Bonchev–Trinajstić information content (AvgIpc) is 2.89. The molecule has 1 aromatic heterocycles. The van der Waals surface area contributed by atoms with E-state index in [-0.39, 0.29) is 11.8 Å². The van der Waals surface area contributed by atoms with Crippen molar-refractivity contribution in [2.75, 3.05) is 0 Å². The van der Waals surface area contributed by atoms with E-state index in [4.69, 9.17) is 0 Å². The van der Waals surface area contributed by atoms with Crippen molar-refractivity contribution in [2.45, 2.75) is 31.8 Å². The Labute approximate surface area is 118 Å². The fraction of sp³-hybridized carbons (Fsp3) is 0.375. The number of carbonyl (C=O) groups excluding carboxylic acids is 1. The number of fused-ring (bicyclic) bond motifs is 1. The minimum atomic E-state index is -0.0508. The van der Waals surface area contributed by atoms with Gasteiger partial charge < -0.3 is 9.88 Å². The molecule has 0 spiro atoms. The molecule has 0 aliphatic carbocycles. The third kappa shape index (κ3) is 2.65. The number of hydrogen-bond donors (Lipinski definition) is 1. The van der Waals surface area contributed by atoms with E-state index in [1.807, 2.05) is 29.9 Å². The van der Waals surface area contributed by atoms with Gasteiger partial charge in [-0.05, 0) is 17.5 Å². The summed E-state index contributed by atoms with van der Waals surface area (Å²) in [5.74, 6) is 1.25. The van der Waals surface area contributed by atoms with Crippen LogP contribution in [0, 0.1) is 0 Å². The van der Waals surface area contributed by atoms with E-state index < -0.39 is 0 Å². The molecule has 0 saturated carbocycles. The van der Waals surface area contributed by atoms with Crippen LogP contribution in [0.25, 0.3) is 0 Å². The maximum absolute atomic E-state index is 12.3. The van der Waals surface area contributed by atoms with Gasteiger partial charge in [-0.25, -0.2) is 4.98 Å². The van der Waals surface area contributed by atoms with Gasteiger partial charge in [-0.1, -0.05) is 24.3 Å². The molecule has 2 aromatic rings. The van der Waals surface area contributed by atoms with Gasteiger partial charge in [0.05, 0.1) is 6.04 Å². The second-order valence-electron chi connectivity index (χ2n) is 5.33. The summed E-state index contributed by atoms with van der Waals surface area (Å²) in [7, 11) is 1.96. The lowest BCUT2D eigenvalue weighted by Crippen LogP contribution is -2.41. The number of aryl methyl sites for hydroxylation is 2. The van der Waals surface area contributed by atoms with Crippen molar-refractivity contribution in [1.82, 2.24) is 14.9 Å². The molecule has 3 rings (SSSR count). The van der Waals surface area contributed by atoms with Crippen LogP contribution in [0.2, 0.25) is 0 Å². The highest BCUT2D eigenvalue weighted by Gasteiger charge is 2.23. The zero-order valence-electron chi connectivity index (χ0n) is 11.7. The largest absolute Gasteiger partial charge is 0.338 e. The van der Waals surface area contributed by atoms with Gasteiger partial charge in [0.2, 0.25) is 0 Å². The zero-order chi connectivity index (χ0) is 13.9. The highest BCUT2D eigenvalue weighted by atomic mass is 16.1. The Balaban J connectivity index is 1.60. The number of nitrogens with zero attached hydrogens (tertiary/aromatic N) is 2. The molecule has 1 aliphatic heterocycles. The first-order valence-corrected chi connectivity index (χ1v) is 7.03. The van der Waals surface area contributed by atoms with Crippen molar-refractivity contribution in [3.63, 3.8) is 0 Å². The fourth-order valence-corrected chi connectivity index (χ4v) is 2.73. The summed E-state index contributed by atoms with van der Waals surface area (Å²) in [6, 6.07) is 8.28. The Kier molecular flexibility index (Phi) is 3.65. The molecule has 4 nitrogen and oxygen atoms in total. The molecular weight excluding hydrogens is 250 g/mol. The molecule has 0 radical (unpaired) electrons. The van der Waals surface area contributed by atoms with Gasteiger partial charge in [-0.2, -0.15) is 0 Å². The van der Waals surface area contributed by atoms with Crippen LogP contribution in [0.15, 0.2) is 36.7 Å². The second kappa shape index (κ2) is 5.59. The first kappa shape index (κ1) is 13.1. The fourth-order valence-electron chi connectivity index (χ4n) is 2.73. The van der Waals surface area contributed by atoms with Gasteiger partial charge in [-0.3, -0.25) is 4.79 Å². The monoisotopic (exact) mass is 269 g/mol. The van der Waals surface area contributed by atoms with Crippen molar-refractivity contribution in [3.8, 4) is 0 Å². The Bertz CT molecular complexity index is 618. The van der Waals surface area contributed by atoms with Gasteiger partial charge in [-0.15, -0.1) is 0 Å². The molecular formula is C16H19N3O. The number of ketones is 1.